The number of anilines is 1. The lowest BCUT2D eigenvalue weighted by atomic mass is 10.0. The summed E-state index contributed by atoms with van der Waals surface area (Å²) in [4.78, 5) is 13.4. The highest BCUT2D eigenvalue weighted by atomic mass is 35.5. The molecule has 0 aliphatic heterocycles. The van der Waals surface area contributed by atoms with Crippen molar-refractivity contribution >= 4 is 44.6 Å². The summed E-state index contributed by atoms with van der Waals surface area (Å²) in [5, 5.41) is 4.64. The number of nitrogens with one attached hydrogen (secondary N) is 1. The molecule has 1 aromatic heterocycles. The average Bonchev–Trinajstić information content (AvgIpc) is 2.93. The van der Waals surface area contributed by atoms with E-state index in [1.807, 2.05) is 31.2 Å². The van der Waals surface area contributed by atoms with E-state index in [1.54, 1.807) is 0 Å². The van der Waals surface area contributed by atoms with Crippen LogP contribution >= 0.6 is 22.9 Å². The number of hydrogen-bond acceptors (Lipinski definition) is 2. The number of aryl methyl sites for hydroxylation is 3. The Balaban J connectivity index is 2.03. The molecule has 1 heterocycles. The molecule has 1 amide bonds. The minimum absolute atomic E-state index is 0.129. The summed E-state index contributed by atoms with van der Waals surface area (Å²) in [5.74, 6) is -0.129. The number of fused-ring (bicyclic) bond motifs is 1. The summed E-state index contributed by atoms with van der Waals surface area (Å²) in [7, 11) is 0. The van der Waals surface area contributed by atoms with Crippen molar-refractivity contribution < 1.29 is 4.79 Å². The van der Waals surface area contributed by atoms with Gasteiger partial charge in [0.25, 0.3) is 5.91 Å². The Morgan fingerprint density at radius 1 is 1.08 bits per heavy atom. The highest BCUT2D eigenvalue weighted by molar-refractivity contribution is 7.21. The van der Waals surface area contributed by atoms with Gasteiger partial charge in [-0.15, -0.1) is 11.3 Å². The van der Waals surface area contributed by atoms with Crippen molar-refractivity contribution in [1.29, 1.82) is 0 Å². The molecular formula is C20H20ClNOS. The Morgan fingerprint density at radius 3 is 2.29 bits per heavy atom. The number of carbonyl (C=O) groups is 1. The van der Waals surface area contributed by atoms with Crippen molar-refractivity contribution in [3.63, 3.8) is 0 Å². The van der Waals surface area contributed by atoms with Crippen molar-refractivity contribution in [2.75, 3.05) is 5.32 Å². The lowest BCUT2D eigenvalue weighted by molar-refractivity contribution is 0.103. The van der Waals surface area contributed by atoms with E-state index in [1.165, 1.54) is 11.3 Å². The summed E-state index contributed by atoms with van der Waals surface area (Å²) >= 11 is 7.97. The van der Waals surface area contributed by atoms with E-state index in [2.05, 4.69) is 31.3 Å². The van der Waals surface area contributed by atoms with E-state index < -0.39 is 0 Å². The van der Waals surface area contributed by atoms with Gasteiger partial charge in [0.15, 0.2) is 0 Å². The van der Waals surface area contributed by atoms with Crippen molar-refractivity contribution in [2.24, 2.45) is 0 Å². The van der Waals surface area contributed by atoms with E-state index in [-0.39, 0.29) is 5.91 Å². The minimum atomic E-state index is -0.129. The Kier molecular flexibility index (Phi) is 4.93. The van der Waals surface area contributed by atoms with E-state index in [0.717, 1.165) is 45.3 Å². The molecule has 3 aromatic rings. The maximum atomic E-state index is 12.9. The third-order valence-electron chi connectivity index (χ3n) is 4.31. The zero-order chi connectivity index (χ0) is 17.3. The molecule has 0 aliphatic rings. The largest absolute Gasteiger partial charge is 0.321 e. The van der Waals surface area contributed by atoms with Crippen LogP contribution in [0, 0.1) is 6.92 Å². The molecule has 0 aliphatic carbocycles. The summed E-state index contributed by atoms with van der Waals surface area (Å²) in [6.45, 7) is 6.21. The standard InChI is InChI=1S/C20H20ClNOS/c1-4-13-9-7-10-14(5-2)18(13)22-20(23)19-17(21)16-12(3)8-6-11-15(16)24-19/h6-11H,4-5H2,1-3H3,(H,22,23). The molecule has 0 fully saturated rings. The molecule has 0 saturated heterocycles. The highest BCUT2D eigenvalue weighted by Gasteiger charge is 2.20. The van der Waals surface area contributed by atoms with E-state index in [4.69, 9.17) is 11.6 Å². The molecule has 3 rings (SSSR count). The number of hydrogen-bond donors (Lipinski definition) is 1. The summed E-state index contributed by atoms with van der Waals surface area (Å²) < 4.78 is 1.05. The van der Waals surface area contributed by atoms with Gasteiger partial charge in [-0.2, -0.15) is 0 Å². The average molecular weight is 358 g/mol. The van der Waals surface area contributed by atoms with Gasteiger partial charge in [-0.1, -0.05) is 55.8 Å². The topological polar surface area (TPSA) is 29.1 Å². The number of benzene rings is 2. The first-order valence-electron chi connectivity index (χ1n) is 8.16. The van der Waals surface area contributed by atoms with Crippen molar-refractivity contribution in [1.82, 2.24) is 0 Å². The first-order valence-corrected chi connectivity index (χ1v) is 9.36. The number of halogens is 1. The summed E-state index contributed by atoms with van der Waals surface area (Å²) in [5.41, 5.74) is 4.32. The van der Waals surface area contributed by atoms with Crippen LogP contribution in [0.25, 0.3) is 10.1 Å². The van der Waals surface area contributed by atoms with Gasteiger partial charge in [0.1, 0.15) is 4.88 Å². The fourth-order valence-corrected chi connectivity index (χ4v) is 4.57. The number of thiophene rings is 1. The molecule has 4 heteroatoms. The van der Waals surface area contributed by atoms with Gasteiger partial charge < -0.3 is 5.32 Å². The molecule has 0 radical (unpaired) electrons. The predicted molar refractivity (Wildman–Crippen MR) is 105 cm³/mol. The minimum Gasteiger partial charge on any atom is -0.321 e. The molecule has 1 N–H and O–H groups in total. The summed E-state index contributed by atoms with van der Waals surface area (Å²) in [6, 6.07) is 12.2. The number of amides is 1. The quantitative estimate of drug-likeness (QED) is 0.588. The molecule has 0 unspecified atom stereocenters. The molecular weight excluding hydrogens is 338 g/mol. The van der Waals surface area contributed by atoms with Crippen LogP contribution in [0.3, 0.4) is 0 Å². The van der Waals surface area contributed by atoms with Gasteiger partial charge in [0, 0.05) is 15.8 Å². The van der Waals surface area contributed by atoms with Crippen LogP contribution in [-0.4, -0.2) is 5.91 Å². The van der Waals surface area contributed by atoms with E-state index in [9.17, 15) is 4.79 Å². The van der Waals surface area contributed by atoms with Gasteiger partial charge in [-0.05, 0) is 42.5 Å². The monoisotopic (exact) mass is 357 g/mol. The Labute approximate surface area is 151 Å². The third-order valence-corrected chi connectivity index (χ3v) is 5.95. The second kappa shape index (κ2) is 6.96. The van der Waals surface area contributed by atoms with Crippen molar-refractivity contribution in [3.8, 4) is 0 Å². The van der Waals surface area contributed by atoms with Gasteiger partial charge in [-0.3, -0.25) is 4.79 Å². The van der Waals surface area contributed by atoms with Crippen LogP contribution < -0.4 is 5.32 Å². The predicted octanol–water partition coefficient (Wildman–Crippen LogP) is 6.24. The van der Waals surface area contributed by atoms with Crippen LogP contribution in [0.1, 0.15) is 40.2 Å². The number of carbonyl (C=O) groups excluding carboxylic acids is 1. The molecule has 0 bridgehead atoms. The maximum absolute atomic E-state index is 12.9. The molecule has 0 atom stereocenters. The Hall–Kier alpha value is -1.84. The number of para-hydroxylation sites is 1. The van der Waals surface area contributed by atoms with Gasteiger partial charge in [0.2, 0.25) is 0 Å². The zero-order valence-corrected chi connectivity index (χ0v) is 15.6. The Bertz CT molecular complexity index is 891. The zero-order valence-electron chi connectivity index (χ0n) is 14.1. The molecule has 0 saturated carbocycles. The van der Waals surface area contributed by atoms with Crippen LogP contribution in [0.15, 0.2) is 36.4 Å². The fraction of sp³-hybridized carbons (Fsp3) is 0.250. The normalized spacial score (nSPS) is 11.0. The fourth-order valence-electron chi connectivity index (χ4n) is 2.99. The molecule has 2 nitrogen and oxygen atoms in total. The molecule has 2 aromatic carbocycles. The Morgan fingerprint density at radius 2 is 1.71 bits per heavy atom. The van der Waals surface area contributed by atoms with Crippen LogP contribution in [0.2, 0.25) is 5.02 Å². The van der Waals surface area contributed by atoms with Crippen LogP contribution in [0.5, 0.6) is 0 Å². The SMILES string of the molecule is CCc1cccc(CC)c1NC(=O)c1sc2cccc(C)c2c1Cl. The molecule has 124 valence electrons. The lowest BCUT2D eigenvalue weighted by Gasteiger charge is -2.14. The summed E-state index contributed by atoms with van der Waals surface area (Å²) in [6.07, 6.45) is 1.76. The number of rotatable bonds is 4. The van der Waals surface area contributed by atoms with Crippen molar-refractivity contribution in [2.45, 2.75) is 33.6 Å². The van der Waals surface area contributed by atoms with Crippen LogP contribution in [-0.2, 0) is 12.8 Å². The second-order valence-electron chi connectivity index (χ2n) is 5.81. The van der Waals surface area contributed by atoms with Gasteiger partial charge in [0.05, 0.1) is 5.02 Å². The maximum Gasteiger partial charge on any atom is 0.267 e. The first kappa shape index (κ1) is 17.0. The first-order chi connectivity index (χ1) is 11.6. The van der Waals surface area contributed by atoms with E-state index in [0.29, 0.717) is 9.90 Å². The van der Waals surface area contributed by atoms with Gasteiger partial charge >= 0.3 is 0 Å². The molecule has 0 spiro atoms. The third kappa shape index (κ3) is 2.94. The van der Waals surface area contributed by atoms with Crippen LogP contribution in [0.4, 0.5) is 5.69 Å². The lowest BCUT2D eigenvalue weighted by Crippen LogP contribution is -2.14. The van der Waals surface area contributed by atoms with Gasteiger partial charge in [-0.25, -0.2) is 0 Å². The molecule has 24 heavy (non-hydrogen) atoms. The van der Waals surface area contributed by atoms with Crippen molar-refractivity contribution in [3.05, 3.63) is 63.0 Å². The van der Waals surface area contributed by atoms with E-state index >= 15 is 0 Å². The second-order valence-corrected chi connectivity index (χ2v) is 7.24. The smallest absolute Gasteiger partial charge is 0.267 e. The highest BCUT2D eigenvalue weighted by Crippen LogP contribution is 2.38.